The fourth-order valence-corrected chi connectivity index (χ4v) is 3.62. The van der Waals surface area contributed by atoms with E-state index in [4.69, 9.17) is 54.4 Å². The normalized spacial score (nSPS) is 16.8. The summed E-state index contributed by atoms with van der Waals surface area (Å²) in [4.78, 5) is 12.3. The number of ether oxygens (including phenoxy) is 3. The second-order valence-electron chi connectivity index (χ2n) is 6.53. The third kappa shape index (κ3) is 7.31. The number of sulfonamides is 1. The van der Waals surface area contributed by atoms with Gasteiger partial charge in [0, 0.05) is 12.8 Å². The standard InChI is InChI=1S/C18H21Cl3N2O6S/c1-13-3-5-14(6-4-13)30(25,26)23-16(24)29-17(8-11-27-12-9-17)7-2-10-28-15(22)18(19,20)21/h2-7,22H,8-12H2,1H3,(H,23,24)/b7-2+,22-15?. The highest BCUT2D eigenvalue weighted by Gasteiger charge is 2.35. The Morgan fingerprint density at radius 1 is 1.27 bits per heavy atom. The van der Waals surface area contributed by atoms with Crippen LogP contribution in [0.5, 0.6) is 0 Å². The summed E-state index contributed by atoms with van der Waals surface area (Å²) in [6.07, 6.45) is 2.56. The first-order valence-corrected chi connectivity index (χ1v) is 11.4. The smallest absolute Gasteiger partial charge is 0.422 e. The number of hydrogen-bond donors (Lipinski definition) is 2. The zero-order chi connectivity index (χ0) is 22.4. The second-order valence-corrected chi connectivity index (χ2v) is 10.5. The number of rotatable bonds is 6. The average Bonchev–Trinajstić information content (AvgIpc) is 2.65. The van der Waals surface area contributed by atoms with E-state index < -0.39 is 31.4 Å². The van der Waals surface area contributed by atoms with E-state index in [1.807, 2.05) is 11.6 Å². The van der Waals surface area contributed by atoms with Gasteiger partial charge in [-0.15, -0.1) is 0 Å². The van der Waals surface area contributed by atoms with Gasteiger partial charge in [-0.1, -0.05) is 52.5 Å². The topological polar surface area (TPSA) is 115 Å². The van der Waals surface area contributed by atoms with E-state index in [0.717, 1.165) is 5.56 Å². The Morgan fingerprint density at radius 2 is 1.87 bits per heavy atom. The predicted molar refractivity (Wildman–Crippen MR) is 114 cm³/mol. The number of halogens is 3. The van der Waals surface area contributed by atoms with Crippen LogP contribution in [-0.2, 0) is 24.2 Å². The molecule has 0 spiro atoms. The number of aryl methyl sites for hydroxylation is 1. The van der Waals surface area contributed by atoms with Crippen LogP contribution < -0.4 is 4.72 Å². The van der Waals surface area contributed by atoms with Crippen LogP contribution >= 0.6 is 34.8 Å². The molecule has 0 saturated carbocycles. The van der Waals surface area contributed by atoms with Crippen LogP contribution in [0.3, 0.4) is 0 Å². The molecule has 166 valence electrons. The molecule has 1 aromatic carbocycles. The van der Waals surface area contributed by atoms with E-state index >= 15 is 0 Å². The summed E-state index contributed by atoms with van der Waals surface area (Å²) in [5, 5.41) is 7.48. The van der Waals surface area contributed by atoms with Gasteiger partial charge in [0.05, 0.1) is 18.1 Å². The molecule has 1 aliphatic rings. The monoisotopic (exact) mass is 498 g/mol. The number of benzene rings is 1. The van der Waals surface area contributed by atoms with E-state index in [9.17, 15) is 13.2 Å². The minimum atomic E-state index is -4.08. The van der Waals surface area contributed by atoms with Crippen LogP contribution in [0.2, 0.25) is 0 Å². The number of nitrogens with one attached hydrogen (secondary N) is 2. The van der Waals surface area contributed by atoms with E-state index in [-0.39, 0.29) is 11.5 Å². The molecule has 1 saturated heterocycles. The minimum Gasteiger partial charge on any atom is -0.474 e. The maximum absolute atomic E-state index is 12.4. The van der Waals surface area contributed by atoms with Crippen molar-refractivity contribution in [1.82, 2.24) is 4.72 Å². The molecule has 1 aromatic rings. The Hall–Kier alpha value is -1.52. The summed E-state index contributed by atoms with van der Waals surface area (Å²) in [6.45, 7) is 2.33. The first-order chi connectivity index (χ1) is 13.9. The van der Waals surface area contributed by atoms with Gasteiger partial charge in [-0.2, -0.15) is 0 Å². The summed E-state index contributed by atoms with van der Waals surface area (Å²) in [6, 6.07) is 6.03. The summed E-state index contributed by atoms with van der Waals surface area (Å²) >= 11 is 16.6. The molecule has 1 amide bonds. The number of carbonyl (C=O) groups is 1. The van der Waals surface area contributed by atoms with E-state index in [0.29, 0.717) is 26.1 Å². The lowest BCUT2D eigenvalue weighted by atomic mass is 9.93. The molecular weight excluding hydrogens is 479 g/mol. The fourth-order valence-electron chi connectivity index (χ4n) is 2.59. The summed E-state index contributed by atoms with van der Waals surface area (Å²) in [5.74, 6) is -0.555. The van der Waals surface area contributed by atoms with Crippen molar-refractivity contribution < 1.29 is 27.4 Å². The third-order valence-electron chi connectivity index (χ3n) is 4.19. The van der Waals surface area contributed by atoms with Crippen LogP contribution in [0.15, 0.2) is 41.3 Å². The molecule has 30 heavy (non-hydrogen) atoms. The highest BCUT2D eigenvalue weighted by molar-refractivity contribution is 7.90. The SMILES string of the molecule is Cc1ccc(S(=O)(=O)NC(=O)OC2(/C=C/COC(=N)C(Cl)(Cl)Cl)CCOCC2)cc1. The quantitative estimate of drug-likeness (QED) is 0.266. The van der Waals surface area contributed by atoms with Crippen molar-refractivity contribution in [3.63, 3.8) is 0 Å². The molecule has 0 aliphatic carbocycles. The average molecular weight is 500 g/mol. The van der Waals surface area contributed by atoms with Crippen molar-refractivity contribution in [1.29, 1.82) is 5.41 Å². The number of carbonyl (C=O) groups excluding carboxylic acids is 1. The van der Waals surface area contributed by atoms with Crippen molar-refractivity contribution in [2.45, 2.75) is 34.1 Å². The van der Waals surface area contributed by atoms with Crippen molar-refractivity contribution in [3.05, 3.63) is 42.0 Å². The Morgan fingerprint density at radius 3 is 2.43 bits per heavy atom. The molecular formula is C18H21Cl3N2O6S. The van der Waals surface area contributed by atoms with Gasteiger partial charge in [0.2, 0.25) is 5.90 Å². The predicted octanol–water partition coefficient (Wildman–Crippen LogP) is 3.88. The van der Waals surface area contributed by atoms with Gasteiger partial charge in [0.1, 0.15) is 12.2 Å². The zero-order valence-electron chi connectivity index (χ0n) is 16.0. The highest BCUT2D eigenvalue weighted by atomic mass is 35.6. The van der Waals surface area contributed by atoms with Crippen molar-refractivity contribution in [2.24, 2.45) is 0 Å². The fraction of sp³-hybridized carbons (Fsp3) is 0.444. The van der Waals surface area contributed by atoms with Gasteiger partial charge < -0.3 is 14.2 Å². The molecule has 8 nitrogen and oxygen atoms in total. The van der Waals surface area contributed by atoms with Gasteiger partial charge >= 0.3 is 6.09 Å². The maximum Gasteiger partial charge on any atom is 0.422 e. The molecule has 12 heteroatoms. The first kappa shape index (κ1) is 24.7. The molecule has 1 heterocycles. The summed E-state index contributed by atoms with van der Waals surface area (Å²) in [7, 11) is -4.08. The molecule has 1 aliphatic heterocycles. The van der Waals surface area contributed by atoms with Gasteiger partial charge in [0.25, 0.3) is 13.8 Å². The van der Waals surface area contributed by atoms with Gasteiger partial charge in [0.15, 0.2) is 0 Å². The molecule has 0 radical (unpaired) electrons. The summed E-state index contributed by atoms with van der Waals surface area (Å²) < 4.78 is 40.5. The van der Waals surface area contributed by atoms with Crippen LogP contribution in [0, 0.1) is 12.3 Å². The third-order valence-corrected chi connectivity index (χ3v) is 6.03. The van der Waals surface area contributed by atoms with Crippen LogP contribution in [-0.4, -0.2) is 49.6 Å². The molecule has 1 fully saturated rings. The Balaban J connectivity index is 2.04. The highest BCUT2D eigenvalue weighted by Crippen LogP contribution is 2.29. The van der Waals surface area contributed by atoms with Crippen molar-refractivity contribution in [3.8, 4) is 0 Å². The van der Waals surface area contributed by atoms with E-state index in [2.05, 4.69) is 0 Å². The number of hydrogen-bond acceptors (Lipinski definition) is 7. The van der Waals surface area contributed by atoms with Gasteiger partial charge in [-0.25, -0.2) is 17.9 Å². The number of amides is 1. The first-order valence-electron chi connectivity index (χ1n) is 8.80. The van der Waals surface area contributed by atoms with E-state index in [1.165, 1.54) is 18.2 Å². The molecule has 2 N–H and O–H groups in total. The molecule has 0 atom stereocenters. The van der Waals surface area contributed by atoms with Gasteiger partial charge in [-0.3, -0.25) is 5.41 Å². The zero-order valence-corrected chi connectivity index (χ0v) is 19.1. The minimum absolute atomic E-state index is 0.0553. The van der Waals surface area contributed by atoms with Gasteiger partial charge in [-0.05, 0) is 31.2 Å². The lowest BCUT2D eigenvalue weighted by Gasteiger charge is -2.34. The van der Waals surface area contributed by atoms with Crippen LogP contribution in [0.4, 0.5) is 4.79 Å². The lowest BCUT2D eigenvalue weighted by Crippen LogP contribution is -2.43. The maximum atomic E-state index is 12.4. The molecule has 2 rings (SSSR count). The molecule has 0 unspecified atom stereocenters. The Bertz CT molecular complexity index is 891. The molecule has 0 aromatic heterocycles. The Kier molecular flexibility index (Phi) is 8.41. The second kappa shape index (κ2) is 10.2. The largest absolute Gasteiger partial charge is 0.474 e. The van der Waals surface area contributed by atoms with E-state index in [1.54, 1.807) is 18.2 Å². The lowest BCUT2D eigenvalue weighted by molar-refractivity contribution is -0.0406. The number of alkyl halides is 3. The van der Waals surface area contributed by atoms with Crippen molar-refractivity contribution >= 4 is 56.8 Å². The van der Waals surface area contributed by atoms with Crippen molar-refractivity contribution in [2.75, 3.05) is 19.8 Å². The molecule has 0 bridgehead atoms. The van der Waals surface area contributed by atoms with Crippen LogP contribution in [0.1, 0.15) is 18.4 Å². The van der Waals surface area contributed by atoms with Crippen LogP contribution in [0.25, 0.3) is 0 Å². The Labute approximate surface area is 190 Å². The summed E-state index contributed by atoms with van der Waals surface area (Å²) in [5.41, 5.74) is -0.218.